The maximum absolute atomic E-state index is 15.0. The Labute approximate surface area is 200 Å². The van der Waals surface area contributed by atoms with E-state index in [2.05, 4.69) is 27.2 Å². The van der Waals surface area contributed by atoms with Gasteiger partial charge >= 0.3 is 0 Å². The van der Waals surface area contributed by atoms with Crippen LogP contribution in [0.25, 0.3) is 16.2 Å². The zero-order chi connectivity index (χ0) is 23.7. The number of hydrogen-bond donors (Lipinski definition) is 1. The van der Waals surface area contributed by atoms with Crippen LogP contribution >= 0.6 is 11.3 Å². The van der Waals surface area contributed by atoms with Crippen LogP contribution in [0.4, 0.5) is 10.2 Å². The molecule has 5 heterocycles. The van der Waals surface area contributed by atoms with Crippen LogP contribution in [0, 0.1) is 5.82 Å². The van der Waals surface area contributed by atoms with E-state index in [1.54, 1.807) is 21.0 Å². The fourth-order valence-corrected chi connectivity index (χ4v) is 5.24. The smallest absolute Gasteiger partial charge is 0.259 e. The Kier molecular flexibility index (Phi) is 6.57. The van der Waals surface area contributed by atoms with Crippen molar-refractivity contribution in [2.24, 2.45) is 0 Å². The first-order valence-corrected chi connectivity index (χ1v) is 12.4. The highest BCUT2D eigenvalue weighted by molar-refractivity contribution is 7.12. The lowest BCUT2D eigenvalue weighted by Crippen LogP contribution is -2.42. The van der Waals surface area contributed by atoms with E-state index >= 15 is 4.39 Å². The lowest BCUT2D eigenvalue weighted by molar-refractivity contribution is 0.0302. The Morgan fingerprint density at radius 1 is 1.32 bits per heavy atom. The molecule has 0 radical (unpaired) electrons. The number of nitrogens with one attached hydrogen (secondary N) is 1. The van der Waals surface area contributed by atoms with E-state index in [1.807, 2.05) is 0 Å². The van der Waals surface area contributed by atoms with Gasteiger partial charge in [0.2, 0.25) is 5.43 Å². The van der Waals surface area contributed by atoms with Crippen LogP contribution in [0.5, 0.6) is 0 Å². The molecular formula is C23H27FN6O3S. The number of anilines is 1. The molecule has 11 heteroatoms. The van der Waals surface area contributed by atoms with Gasteiger partial charge in [0.25, 0.3) is 5.91 Å². The summed E-state index contributed by atoms with van der Waals surface area (Å²) in [7, 11) is 2.11. The summed E-state index contributed by atoms with van der Waals surface area (Å²) in [6, 6.07) is 1.65. The van der Waals surface area contributed by atoms with Crippen molar-refractivity contribution >= 4 is 34.1 Å². The highest BCUT2D eigenvalue weighted by atomic mass is 32.1. The van der Waals surface area contributed by atoms with E-state index in [0.29, 0.717) is 44.0 Å². The van der Waals surface area contributed by atoms with Gasteiger partial charge in [-0.3, -0.25) is 14.2 Å². The van der Waals surface area contributed by atoms with Crippen molar-refractivity contribution in [3.05, 3.63) is 45.4 Å². The van der Waals surface area contributed by atoms with Crippen molar-refractivity contribution in [1.82, 2.24) is 24.3 Å². The van der Waals surface area contributed by atoms with Gasteiger partial charge in [0.1, 0.15) is 5.56 Å². The highest BCUT2D eigenvalue weighted by Crippen LogP contribution is 2.23. The van der Waals surface area contributed by atoms with E-state index in [1.165, 1.54) is 30.0 Å². The molecule has 3 aromatic rings. The van der Waals surface area contributed by atoms with Crippen molar-refractivity contribution in [1.29, 1.82) is 0 Å². The number of carbonyl (C=O) groups excluding carboxylic acids is 1. The van der Waals surface area contributed by atoms with Gasteiger partial charge in [-0.05, 0) is 38.9 Å². The zero-order valence-corrected chi connectivity index (χ0v) is 19.8. The Hall–Kier alpha value is -2.89. The summed E-state index contributed by atoms with van der Waals surface area (Å²) in [5, 5.41) is 5.48. The van der Waals surface area contributed by atoms with E-state index < -0.39 is 17.2 Å². The number of amides is 1. The summed E-state index contributed by atoms with van der Waals surface area (Å²) >= 11 is 1.34. The monoisotopic (exact) mass is 486 g/mol. The number of rotatable bonds is 6. The maximum Gasteiger partial charge on any atom is 0.259 e. The summed E-state index contributed by atoms with van der Waals surface area (Å²) in [5.74, 6) is -0.931. The number of morpholine rings is 1. The van der Waals surface area contributed by atoms with Gasteiger partial charge in [-0.15, -0.1) is 11.3 Å². The van der Waals surface area contributed by atoms with Crippen LogP contribution < -0.4 is 10.7 Å². The number of likely N-dealkylation sites (tertiary alicyclic amines) is 1. The molecule has 0 saturated carbocycles. The minimum Gasteiger partial charge on any atom is -0.378 e. The second-order valence-electron chi connectivity index (χ2n) is 8.64. The van der Waals surface area contributed by atoms with Crippen molar-refractivity contribution in [2.45, 2.75) is 25.3 Å². The van der Waals surface area contributed by atoms with Gasteiger partial charge in [0, 0.05) is 43.4 Å². The molecular weight excluding hydrogens is 459 g/mol. The molecule has 34 heavy (non-hydrogen) atoms. The molecule has 1 N–H and O–H groups in total. The minimum atomic E-state index is -0.619. The zero-order valence-electron chi connectivity index (χ0n) is 19.0. The van der Waals surface area contributed by atoms with Crippen molar-refractivity contribution < 1.29 is 13.9 Å². The number of hydrogen-bond acceptors (Lipinski definition) is 8. The third-order valence-electron chi connectivity index (χ3n) is 6.53. The van der Waals surface area contributed by atoms with Gasteiger partial charge in [-0.2, -0.15) is 0 Å². The van der Waals surface area contributed by atoms with Crippen LogP contribution in [-0.4, -0.2) is 82.7 Å². The van der Waals surface area contributed by atoms with Gasteiger partial charge in [-0.25, -0.2) is 14.4 Å². The summed E-state index contributed by atoms with van der Waals surface area (Å²) in [6.45, 7) is 3.29. The first-order valence-electron chi connectivity index (χ1n) is 11.5. The predicted octanol–water partition coefficient (Wildman–Crippen LogP) is 2.35. The van der Waals surface area contributed by atoms with E-state index in [0.717, 1.165) is 19.4 Å². The fourth-order valence-electron chi connectivity index (χ4n) is 4.62. The SMILES string of the molecule is CN1CCCC1CCNc1nc2c(cc1F)c(=O)c(C(=O)N1CCOCC1)cn2-c1nccs1. The molecule has 1 atom stereocenters. The quantitative estimate of drug-likeness (QED) is 0.572. The largest absolute Gasteiger partial charge is 0.378 e. The van der Waals surface area contributed by atoms with E-state index in [4.69, 9.17) is 4.74 Å². The number of fused-ring (bicyclic) bond motifs is 1. The molecule has 3 aromatic heterocycles. The van der Waals surface area contributed by atoms with Crippen LogP contribution in [0.2, 0.25) is 0 Å². The molecule has 2 aliphatic heterocycles. The molecule has 0 aliphatic carbocycles. The maximum atomic E-state index is 15.0. The molecule has 9 nitrogen and oxygen atoms in total. The third-order valence-corrected chi connectivity index (χ3v) is 7.30. The van der Waals surface area contributed by atoms with Crippen LogP contribution in [-0.2, 0) is 4.74 Å². The molecule has 0 bridgehead atoms. The van der Waals surface area contributed by atoms with E-state index in [9.17, 15) is 9.59 Å². The molecule has 5 rings (SSSR count). The lowest BCUT2D eigenvalue weighted by Gasteiger charge is -2.27. The van der Waals surface area contributed by atoms with Crippen LogP contribution in [0.3, 0.4) is 0 Å². The molecule has 2 aliphatic rings. The molecule has 2 saturated heterocycles. The van der Waals surface area contributed by atoms with Gasteiger partial charge < -0.3 is 19.9 Å². The van der Waals surface area contributed by atoms with E-state index in [-0.39, 0.29) is 22.4 Å². The number of halogens is 1. The summed E-state index contributed by atoms with van der Waals surface area (Å²) in [6.07, 6.45) is 6.30. The van der Waals surface area contributed by atoms with Gasteiger partial charge in [-0.1, -0.05) is 0 Å². The molecule has 2 fully saturated rings. The number of ether oxygens (including phenoxy) is 1. The Balaban J connectivity index is 1.52. The molecule has 0 aromatic carbocycles. The number of nitrogens with zero attached hydrogens (tertiary/aromatic N) is 5. The average Bonchev–Trinajstić information content (AvgIpc) is 3.53. The molecule has 0 spiro atoms. The second-order valence-corrected chi connectivity index (χ2v) is 9.52. The summed E-state index contributed by atoms with van der Waals surface area (Å²) in [4.78, 5) is 39.1. The third kappa shape index (κ3) is 4.42. The summed E-state index contributed by atoms with van der Waals surface area (Å²) in [5.41, 5.74) is -0.305. The van der Waals surface area contributed by atoms with Crippen molar-refractivity contribution in [3.8, 4) is 5.13 Å². The van der Waals surface area contributed by atoms with Crippen molar-refractivity contribution in [3.63, 3.8) is 0 Å². The fraction of sp³-hybridized carbons (Fsp3) is 0.478. The van der Waals surface area contributed by atoms with Crippen LogP contribution in [0.15, 0.2) is 28.6 Å². The van der Waals surface area contributed by atoms with Gasteiger partial charge in [0.15, 0.2) is 22.4 Å². The average molecular weight is 487 g/mol. The number of aromatic nitrogens is 3. The molecule has 1 amide bonds. The number of thiazole rings is 1. The Morgan fingerprint density at radius 3 is 2.85 bits per heavy atom. The first-order chi connectivity index (χ1) is 16.5. The van der Waals surface area contributed by atoms with Gasteiger partial charge in [0.05, 0.1) is 18.6 Å². The lowest BCUT2D eigenvalue weighted by atomic mass is 10.1. The topological polar surface area (TPSA) is 92.6 Å². The second kappa shape index (κ2) is 9.77. The predicted molar refractivity (Wildman–Crippen MR) is 128 cm³/mol. The first kappa shape index (κ1) is 22.9. The van der Waals surface area contributed by atoms with Crippen molar-refractivity contribution in [2.75, 3.05) is 51.8 Å². The highest BCUT2D eigenvalue weighted by Gasteiger charge is 2.25. The minimum absolute atomic E-state index is 0.0317. The normalized spacial score (nSPS) is 19.1. The van der Waals surface area contributed by atoms with Crippen LogP contribution in [0.1, 0.15) is 29.6 Å². The summed E-state index contributed by atoms with van der Waals surface area (Å²) < 4.78 is 21.9. The molecule has 180 valence electrons. The number of carbonyl (C=O) groups is 1. The standard InChI is InChI=1S/C23H27FN6O3S/c1-28-7-2-3-15(28)4-5-25-20-18(24)13-16-19(31)17(22(32)29-8-10-33-11-9-29)14-30(21(16)27-20)23-26-6-12-34-23/h6,12-15H,2-5,7-11H2,1H3,(H,25,27). The Bertz CT molecular complexity index is 1240. The Morgan fingerprint density at radius 2 is 2.15 bits per heavy atom. The number of pyridine rings is 2. The molecule has 1 unspecified atom stereocenters.